The summed E-state index contributed by atoms with van der Waals surface area (Å²) in [5.74, 6) is -0.666. The first-order valence-electron chi connectivity index (χ1n) is 6.65. The summed E-state index contributed by atoms with van der Waals surface area (Å²) in [4.78, 5) is 23.7. The minimum absolute atomic E-state index is 0.312. The molecule has 0 spiro atoms. The van der Waals surface area contributed by atoms with Crippen molar-refractivity contribution in [3.63, 3.8) is 0 Å². The molecular weight excluding hydrogens is 320 g/mol. The van der Waals surface area contributed by atoms with Crippen molar-refractivity contribution in [2.24, 2.45) is 0 Å². The molecule has 0 saturated heterocycles. The first-order valence-corrected chi connectivity index (χ1v) is 7.03. The lowest BCUT2D eigenvalue weighted by Crippen LogP contribution is -2.21. The number of amides is 1. The lowest BCUT2D eigenvalue weighted by molar-refractivity contribution is -0.119. The normalized spacial score (nSPS) is 10.0. The zero-order valence-electron chi connectivity index (χ0n) is 12.3. The average Bonchev–Trinajstić information content (AvgIpc) is 2.53. The van der Waals surface area contributed by atoms with Crippen molar-refractivity contribution in [1.82, 2.24) is 0 Å². The quantitative estimate of drug-likeness (QED) is 0.648. The van der Waals surface area contributed by atoms with Gasteiger partial charge in [-0.1, -0.05) is 11.6 Å². The predicted molar refractivity (Wildman–Crippen MR) is 87.8 cm³/mol. The summed E-state index contributed by atoms with van der Waals surface area (Å²) in [5.41, 5.74) is 6.78. The molecule has 0 aliphatic carbocycles. The summed E-state index contributed by atoms with van der Waals surface area (Å²) >= 11 is 5.88. The van der Waals surface area contributed by atoms with E-state index in [-0.39, 0.29) is 0 Å². The number of anilines is 2. The summed E-state index contributed by atoms with van der Waals surface area (Å²) in [6.45, 7) is -0.432. The first kappa shape index (κ1) is 16.6. The van der Waals surface area contributed by atoms with E-state index in [0.717, 1.165) is 0 Å². The second-order valence-corrected chi connectivity index (χ2v) is 5.03. The van der Waals surface area contributed by atoms with Crippen LogP contribution in [0.4, 0.5) is 11.4 Å². The molecule has 0 bridgehead atoms. The number of carbonyl (C=O) groups is 2. The van der Waals surface area contributed by atoms with E-state index in [1.807, 2.05) is 0 Å². The number of nitrogens with one attached hydrogen (secondary N) is 1. The van der Waals surface area contributed by atoms with Gasteiger partial charge in [0.05, 0.1) is 18.4 Å². The van der Waals surface area contributed by atoms with Crippen molar-refractivity contribution < 1.29 is 19.1 Å². The summed E-state index contributed by atoms with van der Waals surface area (Å²) in [5, 5.41) is 3.02. The van der Waals surface area contributed by atoms with Gasteiger partial charge in [0.2, 0.25) is 0 Å². The van der Waals surface area contributed by atoms with E-state index in [1.54, 1.807) is 30.3 Å². The molecule has 0 heterocycles. The van der Waals surface area contributed by atoms with Crippen LogP contribution in [0.3, 0.4) is 0 Å². The van der Waals surface area contributed by atoms with E-state index in [9.17, 15) is 9.59 Å². The second kappa shape index (κ2) is 7.51. The molecule has 0 aromatic heterocycles. The minimum Gasteiger partial charge on any atom is -0.495 e. The molecule has 120 valence electrons. The zero-order chi connectivity index (χ0) is 16.8. The van der Waals surface area contributed by atoms with Crippen LogP contribution in [0.2, 0.25) is 5.02 Å². The summed E-state index contributed by atoms with van der Waals surface area (Å²) in [7, 11) is 1.47. The van der Waals surface area contributed by atoms with Crippen LogP contribution in [0.5, 0.6) is 5.75 Å². The van der Waals surface area contributed by atoms with E-state index in [2.05, 4.69) is 5.32 Å². The molecule has 0 aliphatic rings. The fourth-order valence-corrected chi connectivity index (χ4v) is 1.97. The van der Waals surface area contributed by atoms with Crippen LogP contribution in [0.25, 0.3) is 0 Å². The Morgan fingerprint density at radius 3 is 2.52 bits per heavy atom. The van der Waals surface area contributed by atoms with Gasteiger partial charge < -0.3 is 20.5 Å². The number of hydrogen-bond acceptors (Lipinski definition) is 5. The summed E-state index contributed by atoms with van der Waals surface area (Å²) in [6.07, 6.45) is 0. The number of methoxy groups -OCH3 is 1. The Balaban J connectivity index is 1.94. The van der Waals surface area contributed by atoms with Crippen LogP contribution in [-0.4, -0.2) is 25.6 Å². The molecule has 3 N–H and O–H groups in total. The van der Waals surface area contributed by atoms with E-state index in [4.69, 9.17) is 26.8 Å². The predicted octanol–water partition coefficient (Wildman–Crippen LogP) is 2.73. The van der Waals surface area contributed by atoms with Gasteiger partial charge in [-0.05, 0) is 42.5 Å². The van der Waals surface area contributed by atoms with Gasteiger partial charge in [0.25, 0.3) is 5.91 Å². The maximum absolute atomic E-state index is 11.9. The third-order valence-electron chi connectivity index (χ3n) is 2.92. The van der Waals surface area contributed by atoms with Crippen LogP contribution in [0.1, 0.15) is 10.4 Å². The monoisotopic (exact) mass is 334 g/mol. The third kappa shape index (κ3) is 4.62. The van der Waals surface area contributed by atoms with Crippen molar-refractivity contribution in [1.29, 1.82) is 0 Å². The lowest BCUT2D eigenvalue weighted by atomic mass is 10.2. The topological polar surface area (TPSA) is 90.6 Å². The van der Waals surface area contributed by atoms with Crippen molar-refractivity contribution in [2.75, 3.05) is 24.8 Å². The number of halogens is 1. The minimum atomic E-state index is -0.613. The molecule has 2 aromatic rings. The van der Waals surface area contributed by atoms with Gasteiger partial charge in [0, 0.05) is 10.7 Å². The molecule has 0 aliphatic heterocycles. The number of carbonyl (C=O) groups excluding carboxylic acids is 2. The van der Waals surface area contributed by atoms with Gasteiger partial charge in [-0.25, -0.2) is 4.79 Å². The maximum atomic E-state index is 11.9. The van der Waals surface area contributed by atoms with Crippen LogP contribution < -0.4 is 15.8 Å². The van der Waals surface area contributed by atoms with Gasteiger partial charge in [0.15, 0.2) is 6.61 Å². The third-order valence-corrected chi connectivity index (χ3v) is 3.15. The number of nitrogens with two attached hydrogens (primary N) is 1. The molecule has 1 amide bonds. The fourth-order valence-electron chi connectivity index (χ4n) is 1.80. The molecule has 0 radical (unpaired) electrons. The van der Waals surface area contributed by atoms with Crippen LogP contribution in [-0.2, 0) is 9.53 Å². The molecular formula is C16H15ClN2O4. The van der Waals surface area contributed by atoms with Crippen LogP contribution in [0.15, 0.2) is 42.5 Å². The Bertz CT molecular complexity index is 717. The molecule has 2 aromatic carbocycles. The molecule has 0 saturated carbocycles. The Labute approximate surface area is 138 Å². The van der Waals surface area contributed by atoms with Crippen LogP contribution in [0, 0.1) is 0 Å². The van der Waals surface area contributed by atoms with Gasteiger partial charge in [-0.3, -0.25) is 4.79 Å². The molecule has 0 unspecified atom stereocenters. The fraction of sp³-hybridized carbons (Fsp3) is 0.125. The average molecular weight is 335 g/mol. The van der Waals surface area contributed by atoms with Crippen molar-refractivity contribution in [3.8, 4) is 5.75 Å². The Hall–Kier alpha value is -2.73. The van der Waals surface area contributed by atoms with Crippen molar-refractivity contribution >= 4 is 34.9 Å². The number of ether oxygens (including phenoxy) is 2. The molecule has 23 heavy (non-hydrogen) atoms. The Kier molecular flexibility index (Phi) is 5.43. The highest BCUT2D eigenvalue weighted by Gasteiger charge is 2.12. The highest BCUT2D eigenvalue weighted by Crippen LogP contribution is 2.27. The van der Waals surface area contributed by atoms with E-state index < -0.39 is 18.5 Å². The maximum Gasteiger partial charge on any atom is 0.338 e. The van der Waals surface area contributed by atoms with E-state index in [1.165, 1.54) is 19.2 Å². The number of esters is 1. The van der Waals surface area contributed by atoms with Gasteiger partial charge in [0.1, 0.15) is 5.75 Å². The molecule has 0 fully saturated rings. The smallest absolute Gasteiger partial charge is 0.338 e. The Morgan fingerprint density at radius 2 is 1.87 bits per heavy atom. The molecule has 6 nitrogen and oxygen atoms in total. The van der Waals surface area contributed by atoms with Gasteiger partial charge in [-0.2, -0.15) is 0 Å². The van der Waals surface area contributed by atoms with Gasteiger partial charge in [-0.15, -0.1) is 0 Å². The second-order valence-electron chi connectivity index (χ2n) is 4.59. The highest BCUT2D eigenvalue weighted by atomic mass is 35.5. The molecule has 0 atom stereocenters. The molecule has 2 rings (SSSR count). The van der Waals surface area contributed by atoms with Gasteiger partial charge >= 0.3 is 5.97 Å². The SMILES string of the molecule is COc1ccc(Cl)cc1NC(=O)COC(=O)c1ccc(N)cc1. The summed E-state index contributed by atoms with van der Waals surface area (Å²) < 4.78 is 10.1. The number of nitrogen functional groups attached to an aromatic ring is 1. The van der Waals surface area contributed by atoms with E-state index >= 15 is 0 Å². The molecule has 7 heteroatoms. The number of rotatable bonds is 5. The van der Waals surface area contributed by atoms with Crippen molar-refractivity contribution in [3.05, 3.63) is 53.1 Å². The number of benzene rings is 2. The Morgan fingerprint density at radius 1 is 1.17 bits per heavy atom. The zero-order valence-corrected chi connectivity index (χ0v) is 13.1. The largest absolute Gasteiger partial charge is 0.495 e. The standard InChI is InChI=1S/C16H15ClN2O4/c1-22-14-7-4-11(17)8-13(14)19-15(20)9-23-16(21)10-2-5-12(18)6-3-10/h2-8H,9,18H2,1H3,(H,19,20). The summed E-state index contributed by atoms with van der Waals surface area (Å²) in [6, 6.07) is 11.0. The van der Waals surface area contributed by atoms with E-state index in [0.29, 0.717) is 27.7 Å². The first-order chi connectivity index (χ1) is 11.0. The van der Waals surface area contributed by atoms with Crippen LogP contribution >= 0.6 is 11.6 Å². The number of hydrogen-bond donors (Lipinski definition) is 2. The lowest BCUT2D eigenvalue weighted by Gasteiger charge is -2.11. The highest BCUT2D eigenvalue weighted by molar-refractivity contribution is 6.31. The van der Waals surface area contributed by atoms with Crippen molar-refractivity contribution in [2.45, 2.75) is 0 Å².